The first kappa shape index (κ1) is 19.4. The molecular formula is C30H30N2O. The van der Waals surface area contributed by atoms with Crippen molar-refractivity contribution in [3.05, 3.63) is 101 Å². The Kier molecular flexibility index (Phi) is 4.40. The number of carbonyl (C=O) groups is 1. The highest BCUT2D eigenvalue weighted by Crippen LogP contribution is 2.63. The molecule has 0 radical (unpaired) electrons. The first-order valence-electron chi connectivity index (χ1n) is 12.6. The zero-order chi connectivity index (χ0) is 21.9. The van der Waals surface area contributed by atoms with Crippen LogP contribution in [0.1, 0.15) is 63.8 Å². The van der Waals surface area contributed by atoms with Crippen LogP contribution in [0, 0.1) is 17.8 Å². The Hall–Kier alpha value is -3.07. The molecule has 0 aromatic heterocycles. The van der Waals surface area contributed by atoms with Crippen molar-refractivity contribution in [3.8, 4) is 0 Å². The van der Waals surface area contributed by atoms with Gasteiger partial charge in [0.1, 0.15) is 0 Å². The van der Waals surface area contributed by atoms with Crippen molar-refractivity contribution >= 4 is 11.6 Å². The molecule has 1 N–H and O–H groups in total. The lowest BCUT2D eigenvalue weighted by atomic mass is 9.68. The molecule has 0 saturated heterocycles. The van der Waals surface area contributed by atoms with Crippen LogP contribution in [0.15, 0.2) is 72.8 Å². The molecule has 3 aromatic carbocycles. The van der Waals surface area contributed by atoms with Gasteiger partial charge in [-0.1, -0.05) is 54.6 Å². The summed E-state index contributed by atoms with van der Waals surface area (Å²) in [4.78, 5) is 15.6. The number of nitrogens with one attached hydrogen (secondary N) is 1. The summed E-state index contributed by atoms with van der Waals surface area (Å²) >= 11 is 0. The third kappa shape index (κ3) is 3.05. The molecule has 0 spiro atoms. The second kappa shape index (κ2) is 7.48. The Balaban J connectivity index is 1.23. The van der Waals surface area contributed by atoms with Crippen LogP contribution < -0.4 is 5.32 Å². The molecule has 3 aromatic rings. The maximum absolute atomic E-state index is 13.5. The van der Waals surface area contributed by atoms with Gasteiger partial charge in [0.05, 0.1) is 6.04 Å². The predicted octanol–water partition coefficient (Wildman–Crippen LogP) is 6.18. The van der Waals surface area contributed by atoms with E-state index in [1.165, 1.54) is 47.2 Å². The Labute approximate surface area is 195 Å². The quantitative estimate of drug-likeness (QED) is 0.522. The van der Waals surface area contributed by atoms with E-state index in [1.54, 1.807) is 0 Å². The van der Waals surface area contributed by atoms with E-state index >= 15 is 0 Å². The van der Waals surface area contributed by atoms with Gasteiger partial charge >= 0.3 is 0 Å². The van der Waals surface area contributed by atoms with Gasteiger partial charge in [0.2, 0.25) is 0 Å². The van der Waals surface area contributed by atoms with Gasteiger partial charge < -0.3 is 10.2 Å². The summed E-state index contributed by atoms with van der Waals surface area (Å²) in [6.45, 7) is 1.52. The summed E-state index contributed by atoms with van der Waals surface area (Å²) in [7, 11) is 0. The van der Waals surface area contributed by atoms with E-state index < -0.39 is 0 Å². The molecule has 2 aliphatic heterocycles. The summed E-state index contributed by atoms with van der Waals surface area (Å²) in [6, 6.07) is 26.4. The van der Waals surface area contributed by atoms with E-state index in [0.717, 1.165) is 36.9 Å². The molecule has 3 heteroatoms. The van der Waals surface area contributed by atoms with E-state index in [1.807, 2.05) is 11.0 Å². The van der Waals surface area contributed by atoms with Gasteiger partial charge in [0, 0.05) is 24.3 Å². The zero-order valence-corrected chi connectivity index (χ0v) is 18.9. The van der Waals surface area contributed by atoms with Gasteiger partial charge in [0.25, 0.3) is 5.91 Å². The molecular weight excluding hydrogens is 404 g/mol. The predicted molar refractivity (Wildman–Crippen MR) is 131 cm³/mol. The van der Waals surface area contributed by atoms with Gasteiger partial charge in [-0.2, -0.15) is 0 Å². The van der Waals surface area contributed by atoms with Gasteiger partial charge in [-0.3, -0.25) is 4.79 Å². The number of rotatable bonds is 2. The number of hydrogen-bond acceptors (Lipinski definition) is 2. The third-order valence-electron chi connectivity index (χ3n) is 8.91. The molecule has 33 heavy (non-hydrogen) atoms. The zero-order valence-electron chi connectivity index (χ0n) is 18.9. The Bertz CT molecular complexity index is 1220. The van der Waals surface area contributed by atoms with E-state index in [0.29, 0.717) is 17.9 Å². The number of amides is 1. The van der Waals surface area contributed by atoms with Gasteiger partial charge in [-0.15, -0.1) is 0 Å². The summed E-state index contributed by atoms with van der Waals surface area (Å²) in [5.74, 6) is 2.94. The topological polar surface area (TPSA) is 32.3 Å². The average molecular weight is 435 g/mol. The second-order valence-corrected chi connectivity index (χ2v) is 10.5. The number of benzene rings is 3. The number of anilines is 1. The molecule has 1 amide bonds. The Morgan fingerprint density at radius 2 is 1.67 bits per heavy atom. The molecule has 2 aliphatic carbocycles. The van der Waals surface area contributed by atoms with Crippen LogP contribution in [0.25, 0.3) is 0 Å². The van der Waals surface area contributed by atoms with Crippen LogP contribution in [-0.2, 0) is 13.0 Å². The molecule has 5 atom stereocenters. The Morgan fingerprint density at radius 3 is 2.55 bits per heavy atom. The molecule has 2 fully saturated rings. The minimum atomic E-state index is 0.178. The van der Waals surface area contributed by atoms with Crippen LogP contribution in [0.2, 0.25) is 0 Å². The highest BCUT2D eigenvalue weighted by atomic mass is 16.2. The van der Waals surface area contributed by atoms with Crippen molar-refractivity contribution in [1.29, 1.82) is 0 Å². The average Bonchev–Trinajstić information content (AvgIpc) is 3.51. The molecule has 0 unspecified atom stereocenters. The van der Waals surface area contributed by atoms with Gasteiger partial charge in [0.15, 0.2) is 0 Å². The molecule has 2 bridgehead atoms. The molecule has 2 saturated carbocycles. The SMILES string of the molecule is O=C(c1ccc2c(c1)[C@@H]1[C@H]3CC[C@@H](C3)[C@@H]1[C@@H](c1ccccc1)N2)N1CCc2ccccc2C1. The summed E-state index contributed by atoms with van der Waals surface area (Å²) < 4.78 is 0. The first-order valence-corrected chi connectivity index (χ1v) is 12.6. The maximum Gasteiger partial charge on any atom is 0.254 e. The summed E-state index contributed by atoms with van der Waals surface area (Å²) in [6.07, 6.45) is 4.99. The van der Waals surface area contributed by atoms with Crippen LogP contribution >= 0.6 is 0 Å². The fourth-order valence-electron chi connectivity index (χ4n) is 7.46. The van der Waals surface area contributed by atoms with E-state index in [2.05, 4.69) is 72.0 Å². The van der Waals surface area contributed by atoms with Crippen molar-refractivity contribution in [2.45, 2.75) is 44.2 Å². The molecule has 166 valence electrons. The number of nitrogens with zero attached hydrogens (tertiary/aromatic N) is 1. The Morgan fingerprint density at radius 1 is 0.879 bits per heavy atom. The van der Waals surface area contributed by atoms with Crippen LogP contribution in [-0.4, -0.2) is 17.4 Å². The number of carbonyl (C=O) groups excluding carboxylic acids is 1. The third-order valence-corrected chi connectivity index (χ3v) is 8.91. The molecule has 3 nitrogen and oxygen atoms in total. The van der Waals surface area contributed by atoms with Gasteiger partial charge in [-0.05, 0) is 89.8 Å². The van der Waals surface area contributed by atoms with Crippen molar-refractivity contribution in [2.24, 2.45) is 17.8 Å². The minimum absolute atomic E-state index is 0.178. The lowest BCUT2D eigenvalue weighted by Gasteiger charge is -2.43. The number of hydrogen-bond donors (Lipinski definition) is 1. The highest BCUT2D eigenvalue weighted by molar-refractivity contribution is 5.95. The van der Waals surface area contributed by atoms with Crippen molar-refractivity contribution in [1.82, 2.24) is 4.90 Å². The monoisotopic (exact) mass is 434 g/mol. The van der Waals surface area contributed by atoms with Crippen molar-refractivity contribution < 1.29 is 4.79 Å². The summed E-state index contributed by atoms with van der Waals surface area (Å²) in [5, 5.41) is 3.90. The normalized spacial score (nSPS) is 29.1. The largest absolute Gasteiger partial charge is 0.378 e. The lowest BCUT2D eigenvalue weighted by molar-refractivity contribution is 0.0734. The standard InChI is InChI=1S/C30H30N2O/c33-30(32-15-14-19-6-4-5-9-24(19)18-32)23-12-13-26-25(17-23)27-21-10-11-22(16-21)28(27)29(31-26)20-7-2-1-3-8-20/h1-9,12-13,17,21-22,27-29,31H,10-11,14-16,18H2/t21-,22-,27-,28-,29+/m0/s1. The van der Waals surface area contributed by atoms with Crippen LogP contribution in [0.3, 0.4) is 0 Å². The van der Waals surface area contributed by atoms with Crippen molar-refractivity contribution in [3.63, 3.8) is 0 Å². The van der Waals surface area contributed by atoms with Gasteiger partial charge in [-0.25, -0.2) is 0 Å². The molecule has 2 heterocycles. The molecule has 4 aliphatic rings. The number of fused-ring (bicyclic) bond motifs is 8. The second-order valence-electron chi connectivity index (χ2n) is 10.5. The summed E-state index contributed by atoms with van der Waals surface area (Å²) in [5.41, 5.74) is 7.55. The highest BCUT2D eigenvalue weighted by Gasteiger charge is 2.53. The fraction of sp³-hybridized carbons (Fsp3) is 0.367. The minimum Gasteiger partial charge on any atom is -0.378 e. The molecule has 7 rings (SSSR count). The van der Waals surface area contributed by atoms with E-state index in [4.69, 9.17) is 0 Å². The first-order chi connectivity index (χ1) is 16.3. The smallest absolute Gasteiger partial charge is 0.254 e. The maximum atomic E-state index is 13.5. The van der Waals surface area contributed by atoms with Crippen molar-refractivity contribution in [2.75, 3.05) is 11.9 Å². The van der Waals surface area contributed by atoms with E-state index in [9.17, 15) is 4.79 Å². The fourth-order valence-corrected chi connectivity index (χ4v) is 7.46. The van der Waals surface area contributed by atoms with Crippen LogP contribution in [0.4, 0.5) is 5.69 Å². The van der Waals surface area contributed by atoms with Crippen LogP contribution in [0.5, 0.6) is 0 Å². The van der Waals surface area contributed by atoms with E-state index in [-0.39, 0.29) is 5.91 Å². The lowest BCUT2D eigenvalue weighted by Crippen LogP contribution is -2.37.